The second kappa shape index (κ2) is 5.68. The molecule has 0 radical (unpaired) electrons. The van der Waals surface area contributed by atoms with Crippen molar-refractivity contribution in [2.75, 3.05) is 6.54 Å². The molecule has 3 rings (SSSR count). The number of hydrogen-bond acceptors (Lipinski definition) is 7. The van der Waals surface area contributed by atoms with Gasteiger partial charge >= 0.3 is 0 Å². The third kappa shape index (κ3) is 2.86. The number of carbonyl (C=O) groups excluding carboxylic acids is 1. The molecule has 2 aromatic rings. The number of thiazole rings is 1. The fourth-order valence-corrected chi connectivity index (χ4v) is 2.72. The van der Waals surface area contributed by atoms with Crippen LogP contribution < -0.4 is 10.6 Å². The van der Waals surface area contributed by atoms with Crippen molar-refractivity contribution >= 4 is 17.2 Å². The molecule has 0 aliphatic carbocycles. The van der Waals surface area contributed by atoms with Gasteiger partial charge in [-0.1, -0.05) is 5.16 Å². The van der Waals surface area contributed by atoms with Gasteiger partial charge in [0.15, 0.2) is 0 Å². The van der Waals surface area contributed by atoms with Gasteiger partial charge in [0.25, 0.3) is 11.7 Å². The minimum Gasteiger partial charge on any atom is -0.344 e. The van der Waals surface area contributed by atoms with E-state index in [0.29, 0.717) is 12.4 Å². The second-order valence-electron chi connectivity index (χ2n) is 4.65. The first-order valence-electron chi connectivity index (χ1n) is 6.48. The Bertz CT molecular complexity index is 603. The number of nitrogens with zero attached hydrogens (tertiary/aromatic N) is 3. The molecule has 7 nitrogen and oxygen atoms in total. The van der Waals surface area contributed by atoms with E-state index in [9.17, 15) is 4.79 Å². The van der Waals surface area contributed by atoms with Gasteiger partial charge in [0.1, 0.15) is 0 Å². The van der Waals surface area contributed by atoms with Crippen LogP contribution >= 0.6 is 11.3 Å². The molecule has 1 atom stereocenters. The maximum absolute atomic E-state index is 11.9. The van der Waals surface area contributed by atoms with Crippen molar-refractivity contribution in [3.63, 3.8) is 0 Å². The molecule has 0 bridgehead atoms. The van der Waals surface area contributed by atoms with E-state index in [1.54, 1.807) is 11.3 Å². The van der Waals surface area contributed by atoms with E-state index < -0.39 is 0 Å². The summed E-state index contributed by atoms with van der Waals surface area (Å²) in [6.45, 7) is 3.24. The molecule has 1 unspecified atom stereocenters. The quantitative estimate of drug-likeness (QED) is 0.879. The molecule has 1 saturated heterocycles. The van der Waals surface area contributed by atoms with E-state index in [1.165, 1.54) is 0 Å². The topological polar surface area (TPSA) is 92.9 Å². The molecule has 2 aromatic heterocycles. The Morgan fingerprint density at radius 3 is 3.20 bits per heavy atom. The number of carbonyl (C=O) groups is 1. The Hall–Kier alpha value is -1.80. The first kappa shape index (κ1) is 13.2. The zero-order valence-corrected chi connectivity index (χ0v) is 11.9. The predicted octanol–water partition coefficient (Wildman–Crippen LogP) is 1.19. The molecule has 1 aliphatic heterocycles. The van der Waals surface area contributed by atoms with Crippen molar-refractivity contribution in [1.82, 2.24) is 25.8 Å². The number of hydrogen-bond donors (Lipinski definition) is 2. The summed E-state index contributed by atoms with van der Waals surface area (Å²) >= 11 is 1.55. The van der Waals surface area contributed by atoms with Gasteiger partial charge in [-0.3, -0.25) is 4.79 Å². The number of nitrogens with one attached hydrogen (secondary N) is 2. The normalized spacial score (nSPS) is 18.4. The number of amides is 1. The zero-order valence-electron chi connectivity index (χ0n) is 11.0. The highest BCUT2D eigenvalue weighted by Crippen LogP contribution is 2.20. The lowest BCUT2D eigenvalue weighted by molar-refractivity contribution is 0.0937. The fraction of sp³-hybridized carbons (Fsp3) is 0.500. The Balaban J connectivity index is 1.59. The van der Waals surface area contributed by atoms with Crippen LogP contribution in [0.25, 0.3) is 0 Å². The molecular weight excluding hydrogens is 278 g/mol. The molecule has 106 valence electrons. The minimum absolute atomic E-state index is 0.0700. The summed E-state index contributed by atoms with van der Waals surface area (Å²) in [4.78, 5) is 20.3. The molecule has 1 fully saturated rings. The van der Waals surface area contributed by atoms with Crippen LogP contribution in [0.3, 0.4) is 0 Å². The lowest BCUT2D eigenvalue weighted by Gasteiger charge is -2.01. The molecule has 1 aliphatic rings. The lowest BCUT2D eigenvalue weighted by Crippen LogP contribution is -2.24. The van der Waals surface area contributed by atoms with Crippen molar-refractivity contribution in [2.45, 2.75) is 32.4 Å². The van der Waals surface area contributed by atoms with Crippen LogP contribution in [0.15, 0.2) is 9.90 Å². The first-order valence-corrected chi connectivity index (χ1v) is 7.36. The van der Waals surface area contributed by atoms with Crippen molar-refractivity contribution in [1.29, 1.82) is 0 Å². The summed E-state index contributed by atoms with van der Waals surface area (Å²) in [7, 11) is 0. The highest BCUT2D eigenvalue weighted by molar-refractivity contribution is 7.09. The average Bonchev–Trinajstić information content (AvgIpc) is 3.16. The first-order chi connectivity index (χ1) is 9.72. The maximum atomic E-state index is 11.9. The maximum Gasteiger partial charge on any atom is 0.293 e. The molecule has 8 heteroatoms. The Labute approximate surface area is 119 Å². The summed E-state index contributed by atoms with van der Waals surface area (Å²) in [5.74, 6) is 0.210. The van der Waals surface area contributed by atoms with Crippen molar-refractivity contribution in [2.24, 2.45) is 0 Å². The summed E-state index contributed by atoms with van der Waals surface area (Å²) in [5.41, 5.74) is 0.835. The largest absolute Gasteiger partial charge is 0.344 e. The van der Waals surface area contributed by atoms with Crippen LogP contribution in [-0.2, 0) is 6.54 Å². The van der Waals surface area contributed by atoms with Gasteiger partial charge in [0, 0.05) is 5.38 Å². The van der Waals surface area contributed by atoms with Gasteiger partial charge in [-0.2, -0.15) is 4.98 Å². The lowest BCUT2D eigenvalue weighted by atomic mass is 10.2. The predicted molar refractivity (Wildman–Crippen MR) is 72.3 cm³/mol. The Morgan fingerprint density at radius 2 is 2.50 bits per heavy atom. The number of aromatic nitrogens is 3. The van der Waals surface area contributed by atoms with Crippen LogP contribution in [-0.4, -0.2) is 27.6 Å². The SMILES string of the molecule is Cc1nc(CNC(=O)c2noc(C3CCCN3)n2)cs1. The third-order valence-electron chi connectivity index (χ3n) is 3.10. The van der Waals surface area contributed by atoms with E-state index in [2.05, 4.69) is 25.8 Å². The average molecular weight is 293 g/mol. The van der Waals surface area contributed by atoms with Crippen LogP contribution in [0, 0.1) is 6.92 Å². The van der Waals surface area contributed by atoms with Gasteiger partial charge in [0.2, 0.25) is 5.89 Å². The number of aryl methyl sites for hydroxylation is 1. The van der Waals surface area contributed by atoms with Gasteiger partial charge < -0.3 is 15.2 Å². The van der Waals surface area contributed by atoms with E-state index in [1.807, 2.05) is 12.3 Å². The number of rotatable bonds is 4. The van der Waals surface area contributed by atoms with E-state index >= 15 is 0 Å². The Kier molecular flexibility index (Phi) is 3.75. The molecule has 0 aromatic carbocycles. The van der Waals surface area contributed by atoms with Gasteiger partial charge in [-0.05, 0) is 26.3 Å². The van der Waals surface area contributed by atoms with Crippen LogP contribution in [0.5, 0.6) is 0 Å². The summed E-state index contributed by atoms with van der Waals surface area (Å²) < 4.78 is 5.13. The molecule has 2 N–H and O–H groups in total. The van der Waals surface area contributed by atoms with Crippen LogP contribution in [0.1, 0.15) is 46.1 Å². The summed E-state index contributed by atoms with van der Waals surface area (Å²) in [6, 6.07) is 0.0743. The summed E-state index contributed by atoms with van der Waals surface area (Å²) in [5, 5.41) is 12.6. The smallest absolute Gasteiger partial charge is 0.293 e. The zero-order chi connectivity index (χ0) is 13.9. The molecule has 20 heavy (non-hydrogen) atoms. The second-order valence-corrected chi connectivity index (χ2v) is 5.71. The molecule has 0 saturated carbocycles. The molecule has 1 amide bonds. The third-order valence-corrected chi connectivity index (χ3v) is 3.92. The van der Waals surface area contributed by atoms with E-state index in [4.69, 9.17) is 4.52 Å². The van der Waals surface area contributed by atoms with E-state index in [-0.39, 0.29) is 17.8 Å². The molecular formula is C12H15N5O2S. The Morgan fingerprint density at radius 1 is 1.60 bits per heavy atom. The monoisotopic (exact) mass is 293 g/mol. The van der Waals surface area contributed by atoms with E-state index in [0.717, 1.165) is 30.1 Å². The fourth-order valence-electron chi connectivity index (χ4n) is 2.10. The van der Waals surface area contributed by atoms with Crippen molar-refractivity contribution in [3.05, 3.63) is 27.8 Å². The molecule has 3 heterocycles. The van der Waals surface area contributed by atoms with Gasteiger partial charge in [-0.15, -0.1) is 11.3 Å². The van der Waals surface area contributed by atoms with Crippen LogP contribution in [0.2, 0.25) is 0 Å². The highest BCUT2D eigenvalue weighted by atomic mass is 32.1. The van der Waals surface area contributed by atoms with Crippen molar-refractivity contribution in [3.8, 4) is 0 Å². The summed E-state index contributed by atoms with van der Waals surface area (Å²) in [6.07, 6.45) is 2.04. The standard InChI is InChI=1S/C12H15N5O2S/c1-7-15-8(6-20-7)5-14-11(18)10-16-12(19-17-10)9-3-2-4-13-9/h6,9,13H,2-5H2,1H3,(H,14,18). The van der Waals surface area contributed by atoms with Gasteiger partial charge in [0.05, 0.1) is 23.3 Å². The molecule has 0 spiro atoms. The highest BCUT2D eigenvalue weighted by Gasteiger charge is 2.24. The van der Waals surface area contributed by atoms with Crippen molar-refractivity contribution < 1.29 is 9.32 Å². The van der Waals surface area contributed by atoms with Crippen LogP contribution in [0.4, 0.5) is 0 Å². The van der Waals surface area contributed by atoms with Gasteiger partial charge in [-0.25, -0.2) is 4.98 Å². The minimum atomic E-state index is -0.344.